The minimum Gasteiger partial charge on any atom is -0.407 e. The number of carbonyl (C=O) groups excluding carboxylic acids is 1. The Bertz CT molecular complexity index is 1210. The zero-order valence-electron chi connectivity index (χ0n) is 14.9. The van der Waals surface area contributed by atoms with Crippen molar-refractivity contribution in [2.45, 2.75) is 18.9 Å². The van der Waals surface area contributed by atoms with Gasteiger partial charge in [-0.15, -0.1) is 0 Å². The quantitative estimate of drug-likeness (QED) is 0.365. The number of nitro groups is 1. The third kappa shape index (κ3) is 4.67. The van der Waals surface area contributed by atoms with Gasteiger partial charge in [-0.25, -0.2) is 4.79 Å². The van der Waals surface area contributed by atoms with Crippen LogP contribution in [0.2, 0.25) is 0 Å². The summed E-state index contributed by atoms with van der Waals surface area (Å²) in [5.41, 5.74) is -4.71. The molecule has 8 nitrogen and oxygen atoms in total. The molecule has 1 aromatic heterocycles. The molecule has 0 saturated heterocycles. The van der Waals surface area contributed by atoms with E-state index in [1.165, 1.54) is 0 Å². The molecule has 14 heteroatoms. The number of hydrogen-bond acceptors (Lipinski definition) is 5. The highest BCUT2D eigenvalue weighted by atomic mass is 19.4. The second-order valence-corrected chi connectivity index (χ2v) is 6.21. The SMILES string of the molecule is O=C(Cn1c(=O)oc2cc([N+](=O)[O-])ccc21)Nc1cc(C(F)(F)F)cc(C(F)(F)F)c1. The van der Waals surface area contributed by atoms with Crippen LogP contribution in [-0.4, -0.2) is 15.4 Å². The fourth-order valence-electron chi connectivity index (χ4n) is 2.69. The molecule has 0 unspecified atom stereocenters. The Hall–Kier alpha value is -3.84. The summed E-state index contributed by atoms with van der Waals surface area (Å²) in [4.78, 5) is 34.1. The normalized spacial score (nSPS) is 12.2. The Balaban J connectivity index is 1.91. The average molecular weight is 449 g/mol. The fraction of sp³-hybridized carbons (Fsp3) is 0.176. The number of non-ortho nitro benzene ring substituents is 1. The Morgan fingerprint density at radius 2 is 1.61 bits per heavy atom. The molecule has 0 atom stereocenters. The smallest absolute Gasteiger partial charge is 0.407 e. The second kappa shape index (κ2) is 7.45. The molecule has 3 aromatic rings. The molecule has 0 aliphatic rings. The van der Waals surface area contributed by atoms with Crippen LogP contribution in [0, 0.1) is 10.1 Å². The van der Waals surface area contributed by atoms with E-state index >= 15 is 0 Å². The lowest BCUT2D eigenvalue weighted by Crippen LogP contribution is -2.25. The van der Waals surface area contributed by atoms with Crippen molar-refractivity contribution in [1.82, 2.24) is 4.57 Å². The van der Waals surface area contributed by atoms with Gasteiger partial charge >= 0.3 is 18.1 Å². The number of benzene rings is 2. The summed E-state index contributed by atoms with van der Waals surface area (Å²) in [5.74, 6) is -2.23. The summed E-state index contributed by atoms with van der Waals surface area (Å²) in [6, 6.07) is 3.58. The molecule has 0 aliphatic carbocycles. The van der Waals surface area contributed by atoms with E-state index in [1.807, 2.05) is 5.32 Å². The Morgan fingerprint density at radius 1 is 1.03 bits per heavy atom. The summed E-state index contributed by atoms with van der Waals surface area (Å²) < 4.78 is 83.0. The maximum Gasteiger partial charge on any atom is 0.420 e. The number of amides is 1. The minimum atomic E-state index is -5.10. The number of alkyl halides is 6. The lowest BCUT2D eigenvalue weighted by Gasteiger charge is -2.14. The second-order valence-electron chi connectivity index (χ2n) is 6.21. The summed E-state index contributed by atoms with van der Waals surface area (Å²) in [6.07, 6.45) is -10.2. The fourth-order valence-corrected chi connectivity index (χ4v) is 2.69. The number of fused-ring (bicyclic) bond motifs is 1. The van der Waals surface area contributed by atoms with E-state index in [0.29, 0.717) is 16.7 Å². The average Bonchev–Trinajstić information content (AvgIpc) is 2.94. The van der Waals surface area contributed by atoms with Gasteiger partial charge in [-0.1, -0.05) is 0 Å². The van der Waals surface area contributed by atoms with Crippen molar-refractivity contribution >= 4 is 28.4 Å². The number of rotatable bonds is 4. The number of halogens is 6. The van der Waals surface area contributed by atoms with Crippen LogP contribution in [-0.2, 0) is 23.7 Å². The van der Waals surface area contributed by atoms with Crippen LogP contribution in [0.3, 0.4) is 0 Å². The van der Waals surface area contributed by atoms with Crippen molar-refractivity contribution < 1.29 is 40.5 Å². The van der Waals surface area contributed by atoms with E-state index in [4.69, 9.17) is 4.42 Å². The highest BCUT2D eigenvalue weighted by Crippen LogP contribution is 2.37. The molecule has 3 rings (SSSR count). The van der Waals surface area contributed by atoms with Gasteiger partial charge in [-0.2, -0.15) is 26.3 Å². The zero-order valence-corrected chi connectivity index (χ0v) is 14.9. The number of oxazole rings is 1. The van der Waals surface area contributed by atoms with Crippen LogP contribution in [0.1, 0.15) is 11.1 Å². The van der Waals surface area contributed by atoms with Crippen LogP contribution in [0.4, 0.5) is 37.7 Å². The first-order chi connectivity index (χ1) is 14.3. The highest BCUT2D eigenvalue weighted by Gasteiger charge is 2.37. The predicted octanol–water partition coefficient (Wildman–Crippen LogP) is 4.18. The van der Waals surface area contributed by atoms with E-state index in [1.54, 1.807) is 0 Å². The summed E-state index contributed by atoms with van der Waals surface area (Å²) in [7, 11) is 0. The molecule has 2 aromatic carbocycles. The van der Waals surface area contributed by atoms with E-state index in [0.717, 1.165) is 18.2 Å². The van der Waals surface area contributed by atoms with E-state index < -0.39 is 58.0 Å². The molecule has 1 N–H and O–H groups in total. The number of aromatic nitrogens is 1. The molecule has 0 saturated carbocycles. The molecule has 1 amide bonds. The molecule has 0 bridgehead atoms. The van der Waals surface area contributed by atoms with E-state index in [2.05, 4.69) is 0 Å². The van der Waals surface area contributed by atoms with Gasteiger partial charge in [-0.05, 0) is 24.3 Å². The third-order valence-electron chi connectivity index (χ3n) is 4.04. The molecular formula is C17H9F6N3O5. The van der Waals surface area contributed by atoms with Crippen molar-refractivity contribution in [3.05, 3.63) is 68.2 Å². The summed E-state index contributed by atoms with van der Waals surface area (Å²) in [6.45, 7) is -0.832. The van der Waals surface area contributed by atoms with Gasteiger partial charge in [-0.3, -0.25) is 19.5 Å². The van der Waals surface area contributed by atoms with E-state index in [-0.39, 0.29) is 17.2 Å². The number of hydrogen-bond donors (Lipinski definition) is 1. The summed E-state index contributed by atoms with van der Waals surface area (Å²) in [5, 5.41) is 12.6. The van der Waals surface area contributed by atoms with Gasteiger partial charge < -0.3 is 9.73 Å². The van der Waals surface area contributed by atoms with Crippen molar-refractivity contribution in [3.63, 3.8) is 0 Å². The van der Waals surface area contributed by atoms with Gasteiger partial charge in [0.25, 0.3) is 5.69 Å². The number of nitrogens with one attached hydrogen (secondary N) is 1. The zero-order chi connectivity index (χ0) is 23.1. The molecular weight excluding hydrogens is 440 g/mol. The Kier molecular flexibility index (Phi) is 5.25. The van der Waals surface area contributed by atoms with Gasteiger partial charge in [0.1, 0.15) is 6.54 Å². The van der Waals surface area contributed by atoms with Gasteiger partial charge in [0, 0.05) is 11.8 Å². The molecule has 0 fully saturated rings. The minimum absolute atomic E-state index is 0.0363. The molecule has 1 heterocycles. The van der Waals surface area contributed by atoms with Crippen LogP contribution in [0.15, 0.2) is 45.6 Å². The van der Waals surface area contributed by atoms with Crippen LogP contribution in [0.25, 0.3) is 11.1 Å². The van der Waals surface area contributed by atoms with Crippen LogP contribution >= 0.6 is 0 Å². The standard InChI is InChI=1S/C17H9F6N3O5/c18-16(19,20)8-3-9(17(21,22)23)5-10(4-8)24-14(27)7-25-12-2-1-11(26(29)30)6-13(12)31-15(25)28/h1-6H,7H2,(H,24,27). The maximum absolute atomic E-state index is 12.9. The topological polar surface area (TPSA) is 107 Å². The van der Waals surface area contributed by atoms with Crippen molar-refractivity contribution in [2.75, 3.05) is 5.32 Å². The monoisotopic (exact) mass is 449 g/mol. The van der Waals surface area contributed by atoms with E-state index in [9.17, 15) is 46.0 Å². The number of nitrogens with zero attached hydrogens (tertiary/aromatic N) is 2. The third-order valence-corrected chi connectivity index (χ3v) is 4.04. The Labute approximate surface area is 166 Å². The lowest BCUT2D eigenvalue weighted by molar-refractivity contribution is -0.384. The first-order valence-electron chi connectivity index (χ1n) is 8.13. The van der Waals surface area contributed by atoms with Gasteiger partial charge in [0.2, 0.25) is 5.91 Å². The number of anilines is 1. The number of nitro benzene ring substituents is 1. The first-order valence-corrected chi connectivity index (χ1v) is 8.13. The van der Waals surface area contributed by atoms with Crippen molar-refractivity contribution in [1.29, 1.82) is 0 Å². The highest BCUT2D eigenvalue weighted by molar-refractivity contribution is 5.91. The largest absolute Gasteiger partial charge is 0.420 e. The molecule has 0 aliphatic heterocycles. The predicted molar refractivity (Wildman–Crippen MR) is 92.2 cm³/mol. The van der Waals surface area contributed by atoms with Crippen molar-refractivity contribution in [3.8, 4) is 0 Å². The maximum atomic E-state index is 12.9. The lowest BCUT2D eigenvalue weighted by atomic mass is 10.1. The van der Waals surface area contributed by atoms with Crippen LogP contribution < -0.4 is 11.1 Å². The summed E-state index contributed by atoms with van der Waals surface area (Å²) >= 11 is 0. The molecule has 0 radical (unpaired) electrons. The van der Waals surface area contributed by atoms with Gasteiger partial charge in [0.15, 0.2) is 5.58 Å². The molecule has 31 heavy (non-hydrogen) atoms. The molecule has 0 spiro atoms. The van der Waals surface area contributed by atoms with Gasteiger partial charge in [0.05, 0.1) is 27.6 Å². The number of carbonyl (C=O) groups is 1. The molecule has 164 valence electrons. The van der Waals surface area contributed by atoms with Crippen LogP contribution in [0.5, 0.6) is 0 Å². The first kappa shape index (κ1) is 21.9. The Morgan fingerprint density at radius 3 is 2.13 bits per heavy atom. The van der Waals surface area contributed by atoms with Crippen molar-refractivity contribution in [2.24, 2.45) is 0 Å².